The number of piperidine rings is 1. The van der Waals surface area contributed by atoms with Crippen LogP contribution in [0.5, 0.6) is 0 Å². The van der Waals surface area contributed by atoms with E-state index in [1.807, 2.05) is 0 Å². The van der Waals surface area contributed by atoms with Crippen molar-refractivity contribution in [2.24, 2.45) is 11.8 Å². The Morgan fingerprint density at radius 3 is 2.81 bits per heavy atom. The van der Waals surface area contributed by atoms with Gasteiger partial charge >= 0.3 is 0 Å². The normalized spacial score (nSPS) is 44.8. The summed E-state index contributed by atoms with van der Waals surface area (Å²) in [6.45, 7) is 4.47. The van der Waals surface area contributed by atoms with Crippen molar-refractivity contribution in [2.75, 3.05) is 13.3 Å². The van der Waals surface area contributed by atoms with Gasteiger partial charge in [-0.2, -0.15) is 0 Å². The molecule has 0 bridgehead atoms. The minimum absolute atomic E-state index is 0.536. The summed E-state index contributed by atoms with van der Waals surface area (Å²) >= 11 is 0. The van der Waals surface area contributed by atoms with Gasteiger partial charge in [0.2, 0.25) is 0 Å². The predicted molar refractivity (Wildman–Crippen MR) is 65.2 cm³/mol. The molecule has 2 aliphatic heterocycles. The lowest BCUT2D eigenvalue weighted by Gasteiger charge is -2.46. The summed E-state index contributed by atoms with van der Waals surface area (Å²) in [4.78, 5) is 2.66. The molecule has 1 saturated carbocycles. The molecule has 2 nitrogen and oxygen atoms in total. The largest absolute Gasteiger partial charge is 0.363 e. The highest BCUT2D eigenvalue weighted by Gasteiger charge is 2.41. The van der Waals surface area contributed by atoms with E-state index in [2.05, 4.69) is 11.8 Å². The molecule has 3 rings (SSSR count). The second-order valence-electron chi connectivity index (χ2n) is 5.96. The van der Waals surface area contributed by atoms with Gasteiger partial charge in [-0.25, -0.2) is 0 Å². The van der Waals surface area contributed by atoms with Gasteiger partial charge in [0.1, 0.15) is 0 Å². The van der Waals surface area contributed by atoms with Crippen LogP contribution in [0, 0.1) is 11.8 Å². The number of hydrogen-bond acceptors (Lipinski definition) is 2. The molecule has 0 N–H and O–H groups in total. The Morgan fingerprint density at radius 1 is 1.12 bits per heavy atom. The van der Waals surface area contributed by atoms with Crippen molar-refractivity contribution in [1.82, 2.24) is 4.90 Å². The molecule has 2 heterocycles. The summed E-state index contributed by atoms with van der Waals surface area (Å²) in [5, 5.41) is 0. The zero-order chi connectivity index (χ0) is 11.0. The van der Waals surface area contributed by atoms with Crippen molar-refractivity contribution in [2.45, 2.75) is 64.0 Å². The summed E-state index contributed by atoms with van der Waals surface area (Å²) in [5.74, 6) is 1.93. The lowest BCUT2D eigenvalue weighted by atomic mass is 9.71. The van der Waals surface area contributed by atoms with Gasteiger partial charge in [0, 0.05) is 12.6 Å². The molecule has 0 aromatic rings. The Balaban J connectivity index is 1.79. The zero-order valence-electron chi connectivity index (χ0n) is 10.5. The van der Waals surface area contributed by atoms with Crippen LogP contribution in [-0.2, 0) is 4.74 Å². The maximum atomic E-state index is 6.06. The molecule has 3 fully saturated rings. The Hall–Kier alpha value is -0.0800. The lowest BCUT2D eigenvalue weighted by molar-refractivity contribution is -0.0448. The second kappa shape index (κ2) is 4.66. The van der Waals surface area contributed by atoms with E-state index in [9.17, 15) is 0 Å². The molecular formula is C14H25NO. The first-order valence-electron chi connectivity index (χ1n) is 7.24. The van der Waals surface area contributed by atoms with Crippen molar-refractivity contribution in [1.29, 1.82) is 0 Å². The molecule has 2 heteroatoms. The van der Waals surface area contributed by atoms with Gasteiger partial charge in [-0.05, 0) is 50.4 Å². The molecular weight excluding hydrogens is 198 g/mol. The van der Waals surface area contributed by atoms with E-state index in [1.54, 1.807) is 0 Å². The number of nitrogens with zero attached hydrogens (tertiary/aromatic N) is 1. The average Bonchev–Trinajstić information content (AvgIpc) is 2.51. The molecule has 3 aliphatic rings. The quantitative estimate of drug-likeness (QED) is 0.677. The van der Waals surface area contributed by atoms with Crippen molar-refractivity contribution in [3.63, 3.8) is 0 Å². The van der Waals surface area contributed by atoms with Crippen LogP contribution in [0.15, 0.2) is 0 Å². The van der Waals surface area contributed by atoms with Gasteiger partial charge in [0.25, 0.3) is 0 Å². The van der Waals surface area contributed by atoms with Gasteiger partial charge in [-0.15, -0.1) is 0 Å². The van der Waals surface area contributed by atoms with E-state index in [4.69, 9.17) is 4.74 Å². The summed E-state index contributed by atoms with van der Waals surface area (Å²) in [5.41, 5.74) is 0. The van der Waals surface area contributed by atoms with Crippen LogP contribution in [0.2, 0.25) is 0 Å². The third kappa shape index (κ3) is 1.91. The molecule has 0 amide bonds. The standard InChI is InChI=1S/C14H25NO/c1-2-13-9-12-6-3-5-11-7-4-8-15(10-16-13)14(11)12/h11-14H,2-10H2,1H3/t11-,12-,13-,14+/m0/s1. The first kappa shape index (κ1) is 11.0. The molecule has 1 aliphatic carbocycles. The lowest BCUT2D eigenvalue weighted by Crippen LogP contribution is -2.50. The van der Waals surface area contributed by atoms with Crippen LogP contribution in [0.4, 0.5) is 0 Å². The second-order valence-corrected chi connectivity index (χ2v) is 5.96. The molecule has 0 radical (unpaired) electrons. The Labute approximate surface area is 99.3 Å². The predicted octanol–water partition coefficient (Wildman–Crippen LogP) is 3.02. The van der Waals surface area contributed by atoms with Gasteiger partial charge in [-0.1, -0.05) is 13.3 Å². The Bertz CT molecular complexity index is 241. The SMILES string of the molecule is CC[C@H]1C[C@@H]2CCC[C@H]3CCCN(CO1)[C@H]32. The molecule has 0 spiro atoms. The van der Waals surface area contributed by atoms with E-state index >= 15 is 0 Å². The van der Waals surface area contributed by atoms with Gasteiger partial charge in [0.05, 0.1) is 12.8 Å². The van der Waals surface area contributed by atoms with Gasteiger partial charge in [-0.3, -0.25) is 4.90 Å². The fourth-order valence-electron chi connectivity index (χ4n) is 4.28. The van der Waals surface area contributed by atoms with Crippen LogP contribution in [-0.4, -0.2) is 30.3 Å². The average molecular weight is 223 g/mol. The molecule has 4 atom stereocenters. The Morgan fingerprint density at radius 2 is 1.94 bits per heavy atom. The van der Waals surface area contributed by atoms with Crippen LogP contribution >= 0.6 is 0 Å². The summed E-state index contributed by atoms with van der Waals surface area (Å²) in [7, 11) is 0. The minimum atomic E-state index is 0.536. The maximum absolute atomic E-state index is 6.06. The van der Waals surface area contributed by atoms with Gasteiger partial charge < -0.3 is 4.74 Å². The topological polar surface area (TPSA) is 12.5 Å². The van der Waals surface area contributed by atoms with Crippen molar-refractivity contribution in [3.05, 3.63) is 0 Å². The first-order valence-corrected chi connectivity index (χ1v) is 7.24. The van der Waals surface area contributed by atoms with Crippen LogP contribution in [0.1, 0.15) is 51.9 Å². The van der Waals surface area contributed by atoms with Crippen molar-refractivity contribution in [3.8, 4) is 0 Å². The third-order valence-electron chi connectivity index (χ3n) is 5.05. The van der Waals surface area contributed by atoms with E-state index in [0.29, 0.717) is 6.10 Å². The van der Waals surface area contributed by atoms with E-state index < -0.39 is 0 Å². The number of hydrogen-bond donors (Lipinski definition) is 0. The maximum Gasteiger partial charge on any atom is 0.0996 e. The highest BCUT2D eigenvalue weighted by atomic mass is 16.5. The Kier molecular flexibility index (Phi) is 3.21. The first-order chi connectivity index (χ1) is 7.88. The minimum Gasteiger partial charge on any atom is -0.363 e. The number of ether oxygens (including phenoxy) is 1. The van der Waals surface area contributed by atoms with Crippen LogP contribution < -0.4 is 0 Å². The highest BCUT2D eigenvalue weighted by Crippen LogP contribution is 2.42. The monoisotopic (exact) mass is 223 g/mol. The summed E-state index contributed by atoms with van der Waals surface area (Å²) < 4.78 is 6.06. The fraction of sp³-hybridized carbons (Fsp3) is 1.00. The highest BCUT2D eigenvalue weighted by molar-refractivity contribution is 4.93. The molecule has 0 unspecified atom stereocenters. The molecule has 0 aromatic heterocycles. The van der Waals surface area contributed by atoms with Crippen LogP contribution in [0.3, 0.4) is 0 Å². The van der Waals surface area contributed by atoms with Crippen molar-refractivity contribution >= 4 is 0 Å². The zero-order valence-corrected chi connectivity index (χ0v) is 10.5. The summed E-state index contributed by atoms with van der Waals surface area (Å²) in [6.07, 6.45) is 10.3. The van der Waals surface area contributed by atoms with E-state index in [1.165, 1.54) is 51.5 Å². The van der Waals surface area contributed by atoms with E-state index in [0.717, 1.165) is 24.6 Å². The van der Waals surface area contributed by atoms with Gasteiger partial charge in [0.15, 0.2) is 0 Å². The molecule has 0 aromatic carbocycles. The van der Waals surface area contributed by atoms with Crippen molar-refractivity contribution < 1.29 is 4.74 Å². The molecule has 92 valence electrons. The molecule has 2 saturated heterocycles. The van der Waals surface area contributed by atoms with Crippen LogP contribution in [0.25, 0.3) is 0 Å². The van der Waals surface area contributed by atoms with E-state index in [-0.39, 0.29) is 0 Å². The summed E-state index contributed by atoms with van der Waals surface area (Å²) in [6, 6.07) is 0.874. The number of rotatable bonds is 1. The fourth-order valence-corrected chi connectivity index (χ4v) is 4.28. The third-order valence-corrected chi connectivity index (χ3v) is 5.05. The molecule has 16 heavy (non-hydrogen) atoms. The smallest absolute Gasteiger partial charge is 0.0996 e.